The van der Waals surface area contributed by atoms with Crippen molar-refractivity contribution in [2.75, 3.05) is 0 Å². The summed E-state index contributed by atoms with van der Waals surface area (Å²) < 4.78 is 0. The molecule has 80 valence electrons. The van der Waals surface area contributed by atoms with Crippen molar-refractivity contribution in [3.8, 4) is 11.8 Å². The maximum Gasteiger partial charge on any atom is 0.205 e. The lowest BCUT2D eigenvalue weighted by Crippen LogP contribution is -1.85. The summed E-state index contributed by atoms with van der Waals surface area (Å²) in [7, 11) is 0. The number of nitrogens with one attached hydrogen (secondary N) is 1. The van der Waals surface area contributed by atoms with E-state index in [1.54, 1.807) is 24.7 Å². The lowest BCUT2D eigenvalue weighted by Gasteiger charge is -1.92. The van der Waals surface area contributed by atoms with E-state index < -0.39 is 0 Å². The monoisotopic (exact) mass is 220 g/mol. The van der Waals surface area contributed by atoms with Gasteiger partial charge in [-0.1, -0.05) is 5.92 Å². The maximum atomic E-state index is 4.20. The highest BCUT2D eigenvalue weighted by Crippen LogP contribution is 2.13. The van der Waals surface area contributed by atoms with Crippen LogP contribution >= 0.6 is 0 Å². The number of aromatic nitrogens is 4. The number of aromatic amines is 1. The molecule has 0 aromatic carbocycles. The Morgan fingerprint density at radius 3 is 2.71 bits per heavy atom. The zero-order valence-electron chi connectivity index (χ0n) is 8.88. The number of hydrogen-bond acceptors (Lipinski definition) is 3. The fraction of sp³-hybridized carbons (Fsp3) is 0. The molecular weight excluding hydrogens is 212 g/mol. The average Bonchev–Trinajstić information content (AvgIpc) is 2.86. The Hall–Kier alpha value is -2.67. The lowest BCUT2D eigenvalue weighted by atomic mass is 10.2. The van der Waals surface area contributed by atoms with E-state index >= 15 is 0 Å². The highest BCUT2D eigenvalue weighted by molar-refractivity contribution is 5.82. The van der Waals surface area contributed by atoms with Crippen LogP contribution in [-0.2, 0) is 0 Å². The molecule has 0 saturated heterocycles. The van der Waals surface area contributed by atoms with Gasteiger partial charge in [0.15, 0.2) is 0 Å². The summed E-state index contributed by atoms with van der Waals surface area (Å²) in [5.74, 6) is 6.51. The van der Waals surface area contributed by atoms with Crippen molar-refractivity contribution in [1.82, 2.24) is 19.9 Å². The first kappa shape index (κ1) is 9.55. The molecule has 0 fully saturated rings. The summed E-state index contributed by atoms with van der Waals surface area (Å²) in [6.45, 7) is 0. The summed E-state index contributed by atoms with van der Waals surface area (Å²) in [4.78, 5) is 15.4. The van der Waals surface area contributed by atoms with E-state index in [1.807, 2.05) is 18.3 Å². The van der Waals surface area contributed by atoms with Crippen molar-refractivity contribution in [3.05, 3.63) is 54.4 Å². The molecule has 0 aliphatic heterocycles. The van der Waals surface area contributed by atoms with Crippen LogP contribution in [0.4, 0.5) is 0 Å². The minimum absolute atomic E-state index is 0.521. The fourth-order valence-corrected chi connectivity index (χ4v) is 1.56. The molecule has 3 rings (SSSR count). The second kappa shape index (κ2) is 4.06. The Bertz CT molecular complexity index is 704. The van der Waals surface area contributed by atoms with E-state index in [1.165, 1.54) is 0 Å². The van der Waals surface area contributed by atoms with E-state index in [-0.39, 0.29) is 0 Å². The Labute approximate surface area is 97.8 Å². The van der Waals surface area contributed by atoms with Crippen LogP contribution < -0.4 is 0 Å². The van der Waals surface area contributed by atoms with Crippen molar-refractivity contribution in [2.24, 2.45) is 0 Å². The molecule has 0 atom stereocenters. The van der Waals surface area contributed by atoms with Crippen molar-refractivity contribution in [2.45, 2.75) is 0 Å². The first-order chi connectivity index (χ1) is 8.43. The van der Waals surface area contributed by atoms with Gasteiger partial charge in [-0.3, -0.25) is 0 Å². The highest BCUT2D eigenvalue weighted by Gasteiger charge is 1.99. The minimum Gasteiger partial charge on any atom is -0.346 e. The molecule has 0 spiro atoms. The van der Waals surface area contributed by atoms with Gasteiger partial charge in [0.1, 0.15) is 5.65 Å². The van der Waals surface area contributed by atoms with Gasteiger partial charge in [-0.05, 0) is 24.1 Å². The van der Waals surface area contributed by atoms with Crippen LogP contribution in [0.15, 0.2) is 43.0 Å². The Kier molecular flexibility index (Phi) is 2.28. The number of rotatable bonds is 0. The fourth-order valence-electron chi connectivity index (χ4n) is 1.56. The summed E-state index contributed by atoms with van der Waals surface area (Å²) in [5.41, 5.74) is 1.76. The molecule has 3 heterocycles. The van der Waals surface area contributed by atoms with Crippen LogP contribution in [0, 0.1) is 11.8 Å². The Morgan fingerprint density at radius 2 is 1.82 bits per heavy atom. The van der Waals surface area contributed by atoms with Crippen molar-refractivity contribution in [1.29, 1.82) is 0 Å². The number of pyridine rings is 1. The zero-order chi connectivity index (χ0) is 11.5. The van der Waals surface area contributed by atoms with Gasteiger partial charge in [0.25, 0.3) is 0 Å². The molecule has 0 radical (unpaired) electrons. The predicted molar refractivity (Wildman–Crippen MR) is 64.1 cm³/mol. The molecular formula is C13H8N4. The first-order valence-corrected chi connectivity index (χ1v) is 5.14. The number of nitrogens with zero attached hydrogens (tertiary/aromatic N) is 3. The number of fused-ring (bicyclic) bond motifs is 1. The quantitative estimate of drug-likeness (QED) is 0.587. The highest BCUT2D eigenvalue weighted by atomic mass is 14.8. The number of hydrogen-bond donors (Lipinski definition) is 1. The smallest absolute Gasteiger partial charge is 0.205 e. The maximum absolute atomic E-state index is 4.20. The molecule has 0 aliphatic carbocycles. The summed E-state index contributed by atoms with van der Waals surface area (Å²) in [5, 5.41) is 1.01. The molecule has 0 amide bonds. The SMILES string of the molecule is C(#Cc1ccnc2[nH]ccc12)c1ncccn1. The molecule has 0 unspecified atom stereocenters. The Morgan fingerprint density at radius 1 is 0.941 bits per heavy atom. The first-order valence-electron chi connectivity index (χ1n) is 5.14. The average molecular weight is 220 g/mol. The van der Waals surface area contributed by atoms with E-state index in [2.05, 4.69) is 31.8 Å². The van der Waals surface area contributed by atoms with Crippen LogP contribution in [0.3, 0.4) is 0 Å². The van der Waals surface area contributed by atoms with E-state index in [4.69, 9.17) is 0 Å². The topological polar surface area (TPSA) is 54.5 Å². The summed E-state index contributed by atoms with van der Waals surface area (Å²) in [6, 6.07) is 5.60. The van der Waals surface area contributed by atoms with Crippen molar-refractivity contribution >= 4 is 11.0 Å². The molecule has 3 aromatic heterocycles. The van der Waals surface area contributed by atoms with Gasteiger partial charge in [0.2, 0.25) is 5.82 Å². The lowest BCUT2D eigenvalue weighted by molar-refractivity contribution is 1.13. The Balaban J connectivity index is 2.06. The van der Waals surface area contributed by atoms with E-state index in [9.17, 15) is 0 Å². The molecule has 4 heteroatoms. The minimum atomic E-state index is 0.521. The molecule has 0 saturated carbocycles. The van der Waals surface area contributed by atoms with Crippen LogP contribution in [0.1, 0.15) is 11.4 Å². The molecule has 0 bridgehead atoms. The van der Waals surface area contributed by atoms with Gasteiger partial charge in [-0.25, -0.2) is 15.0 Å². The van der Waals surface area contributed by atoms with Gasteiger partial charge in [-0.15, -0.1) is 0 Å². The van der Waals surface area contributed by atoms with Gasteiger partial charge >= 0.3 is 0 Å². The number of H-pyrrole nitrogens is 1. The van der Waals surface area contributed by atoms with Crippen molar-refractivity contribution in [3.63, 3.8) is 0 Å². The van der Waals surface area contributed by atoms with E-state index in [0.717, 1.165) is 16.6 Å². The molecule has 0 aliphatic rings. The largest absolute Gasteiger partial charge is 0.346 e. The normalized spacial score (nSPS) is 9.88. The van der Waals surface area contributed by atoms with Gasteiger partial charge in [0.05, 0.1) is 0 Å². The van der Waals surface area contributed by atoms with Crippen LogP contribution in [0.2, 0.25) is 0 Å². The van der Waals surface area contributed by atoms with Crippen LogP contribution in [-0.4, -0.2) is 19.9 Å². The van der Waals surface area contributed by atoms with Gasteiger partial charge in [-0.2, -0.15) is 0 Å². The predicted octanol–water partition coefficient (Wildman–Crippen LogP) is 1.75. The molecule has 3 aromatic rings. The third kappa shape index (κ3) is 1.86. The molecule has 1 N–H and O–H groups in total. The zero-order valence-corrected chi connectivity index (χ0v) is 8.88. The standard InChI is InChI=1S/C13H8N4/c1-6-14-12(15-7-1)3-2-10-4-8-16-13-11(10)5-9-17-13/h1,4-9H,(H,16,17). The molecule has 17 heavy (non-hydrogen) atoms. The van der Waals surface area contributed by atoms with Gasteiger partial charge in [0, 0.05) is 35.7 Å². The third-order valence-corrected chi connectivity index (χ3v) is 2.33. The second-order valence-electron chi connectivity index (χ2n) is 3.42. The van der Waals surface area contributed by atoms with E-state index in [0.29, 0.717) is 5.82 Å². The van der Waals surface area contributed by atoms with Crippen molar-refractivity contribution < 1.29 is 0 Å². The van der Waals surface area contributed by atoms with Gasteiger partial charge < -0.3 is 4.98 Å². The molecule has 4 nitrogen and oxygen atoms in total. The van der Waals surface area contributed by atoms with Crippen LogP contribution in [0.25, 0.3) is 11.0 Å². The van der Waals surface area contributed by atoms with Crippen LogP contribution in [0.5, 0.6) is 0 Å². The summed E-state index contributed by atoms with van der Waals surface area (Å²) in [6.07, 6.45) is 6.93. The summed E-state index contributed by atoms with van der Waals surface area (Å²) >= 11 is 0. The second-order valence-corrected chi connectivity index (χ2v) is 3.42. The third-order valence-electron chi connectivity index (χ3n) is 2.33.